The van der Waals surface area contributed by atoms with E-state index in [4.69, 9.17) is 0 Å². The Morgan fingerprint density at radius 3 is 2.32 bits per heavy atom. The van der Waals surface area contributed by atoms with E-state index < -0.39 is 40.6 Å². The summed E-state index contributed by atoms with van der Waals surface area (Å²) in [6.07, 6.45) is -4.91. The Morgan fingerprint density at radius 2 is 1.71 bits per heavy atom. The average molecular weight is 494 g/mol. The Hall–Kier alpha value is -3.57. The van der Waals surface area contributed by atoms with E-state index in [-0.39, 0.29) is 16.1 Å². The quantitative estimate of drug-likeness (QED) is 0.430. The summed E-state index contributed by atoms with van der Waals surface area (Å²) in [7, 11) is -4.15. The SMILES string of the molecule is Cc1cc(NC(=O)C(CO)c2ccccc2)ccc1S(=O)(=O)Nc1cccc(OC(F)(F)F)c1. The minimum Gasteiger partial charge on any atom is -0.406 e. The maximum Gasteiger partial charge on any atom is 0.573 e. The van der Waals surface area contributed by atoms with Gasteiger partial charge < -0.3 is 15.2 Å². The third kappa shape index (κ3) is 6.49. The van der Waals surface area contributed by atoms with Crippen LogP contribution in [-0.2, 0) is 14.8 Å². The number of benzene rings is 3. The number of alkyl halides is 3. The lowest BCUT2D eigenvalue weighted by Gasteiger charge is -2.16. The molecule has 0 spiro atoms. The third-order valence-corrected chi connectivity index (χ3v) is 6.29. The highest BCUT2D eigenvalue weighted by molar-refractivity contribution is 7.92. The van der Waals surface area contributed by atoms with E-state index in [2.05, 4.69) is 14.8 Å². The predicted octanol–water partition coefficient (Wildman–Crippen LogP) is 4.41. The molecule has 0 aromatic heterocycles. The number of anilines is 2. The predicted molar refractivity (Wildman–Crippen MR) is 120 cm³/mol. The van der Waals surface area contributed by atoms with Crippen molar-refractivity contribution in [3.63, 3.8) is 0 Å². The van der Waals surface area contributed by atoms with Gasteiger partial charge in [-0.3, -0.25) is 9.52 Å². The monoisotopic (exact) mass is 494 g/mol. The second kappa shape index (κ2) is 10.1. The van der Waals surface area contributed by atoms with Gasteiger partial charge in [-0.15, -0.1) is 13.2 Å². The molecule has 0 saturated carbocycles. The van der Waals surface area contributed by atoms with Crippen molar-refractivity contribution in [2.75, 3.05) is 16.6 Å². The highest BCUT2D eigenvalue weighted by Gasteiger charge is 2.31. The number of carbonyl (C=O) groups excluding carboxylic acids is 1. The molecule has 180 valence electrons. The van der Waals surface area contributed by atoms with Crippen LogP contribution in [0.25, 0.3) is 0 Å². The van der Waals surface area contributed by atoms with E-state index in [1.807, 2.05) is 0 Å². The normalized spacial score (nSPS) is 12.6. The number of carbonyl (C=O) groups is 1. The number of halogens is 3. The fourth-order valence-corrected chi connectivity index (χ4v) is 4.53. The van der Waals surface area contributed by atoms with Crippen LogP contribution >= 0.6 is 0 Å². The first-order valence-corrected chi connectivity index (χ1v) is 11.4. The van der Waals surface area contributed by atoms with Crippen LogP contribution in [0.2, 0.25) is 0 Å². The molecule has 3 aromatic carbocycles. The van der Waals surface area contributed by atoms with Crippen LogP contribution in [0.15, 0.2) is 77.7 Å². The van der Waals surface area contributed by atoms with Crippen LogP contribution in [-0.4, -0.2) is 32.4 Å². The van der Waals surface area contributed by atoms with Gasteiger partial charge in [0.1, 0.15) is 5.75 Å². The van der Waals surface area contributed by atoms with Crippen molar-refractivity contribution in [1.29, 1.82) is 0 Å². The molecule has 1 unspecified atom stereocenters. The number of aliphatic hydroxyl groups is 1. The van der Waals surface area contributed by atoms with Crippen molar-refractivity contribution in [2.24, 2.45) is 0 Å². The first-order chi connectivity index (χ1) is 16.0. The number of nitrogens with one attached hydrogen (secondary N) is 2. The summed E-state index contributed by atoms with van der Waals surface area (Å²) in [6, 6.07) is 17.2. The Bertz CT molecular complexity index is 1270. The van der Waals surface area contributed by atoms with E-state index >= 15 is 0 Å². The molecule has 0 bridgehead atoms. The van der Waals surface area contributed by atoms with Crippen LogP contribution in [0.1, 0.15) is 17.0 Å². The standard InChI is InChI=1S/C23H21F3N2O5S/c1-15-12-17(27-22(30)20(14-29)16-6-3-2-4-7-16)10-11-21(15)34(31,32)28-18-8-5-9-19(13-18)33-23(24,25)26/h2-13,20,28-29H,14H2,1H3,(H,27,30). The third-order valence-electron chi connectivity index (χ3n) is 4.75. The fraction of sp³-hybridized carbons (Fsp3) is 0.174. The summed E-state index contributed by atoms with van der Waals surface area (Å²) in [5.74, 6) is -1.85. The van der Waals surface area contributed by atoms with E-state index in [1.165, 1.54) is 37.3 Å². The molecule has 3 N–H and O–H groups in total. The van der Waals surface area contributed by atoms with Crippen LogP contribution in [0.4, 0.5) is 24.5 Å². The van der Waals surface area contributed by atoms with Crippen molar-refractivity contribution >= 4 is 27.3 Å². The molecular formula is C23H21F3N2O5S. The minimum atomic E-state index is -4.91. The zero-order chi connectivity index (χ0) is 24.9. The molecule has 1 atom stereocenters. The molecule has 0 aliphatic heterocycles. The van der Waals surface area contributed by atoms with Gasteiger partial charge in [0.05, 0.1) is 23.1 Å². The largest absolute Gasteiger partial charge is 0.573 e. The van der Waals surface area contributed by atoms with Crippen LogP contribution < -0.4 is 14.8 Å². The highest BCUT2D eigenvalue weighted by Crippen LogP contribution is 2.28. The average Bonchev–Trinajstić information content (AvgIpc) is 2.73. The summed E-state index contributed by atoms with van der Waals surface area (Å²) in [5, 5.41) is 12.3. The van der Waals surface area contributed by atoms with Crippen molar-refractivity contribution in [1.82, 2.24) is 0 Å². The Labute approximate surface area is 194 Å². The summed E-state index contributed by atoms with van der Waals surface area (Å²) in [5.41, 5.74) is 1.11. The first-order valence-electron chi connectivity index (χ1n) is 9.94. The molecule has 3 rings (SSSR count). The summed E-state index contributed by atoms with van der Waals surface area (Å²) in [4.78, 5) is 12.5. The lowest BCUT2D eigenvalue weighted by atomic mass is 9.99. The van der Waals surface area contributed by atoms with Crippen LogP contribution in [0.5, 0.6) is 5.75 Å². The molecule has 0 aliphatic carbocycles. The highest BCUT2D eigenvalue weighted by atomic mass is 32.2. The number of aliphatic hydroxyl groups excluding tert-OH is 1. The molecule has 11 heteroatoms. The number of aryl methyl sites for hydroxylation is 1. The van der Waals surface area contributed by atoms with Crippen molar-refractivity contribution < 1.29 is 36.2 Å². The first kappa shape index (κ1) is 25.1. The van der Waals surface area contributed by atoms with Gasteiger partial charge in [0.25, 0.3) is 10.0 Å². The Balaban J connectivity index is 1.76. The lowest BCUT2D eigenvalue weighted by molar-refractivity contribution is -0.274. The summed E-state index contributed by atoms with van der Waals surface area (Å²) < 4.78 is 68.9. The van der Waals surface area contributed by atoms with E-state index in [1.54, 1.807) is 30.3 Å². The van der Waals surface area contributed by atoms with Crippen LogP contribution in [0, 0.1) is 6.92 Å². The van der Waals surface area contributed by atoms with Crippen molar-refractivity contribution in [2.45, 2.75) is 24.1 Å². The second-order valence-corrected chi connectivity index (χ2v) is 8.95. The molecule has 3 aromatic rings. The molecule has 0 aliphatic rings. The number of amides is 1. The number of rotatable bonds is 8. The smallest absolute Gasteiger partial charge is 0.406 e. The summed E-state index contributed by atoms with van der Waals surface area (Å²) in [6.45, 7) is 1.09. The van der Waals surface area contributed by atoms with Crippen molar-refractivity contribution in [3.05, 3.63) is 83.9 Å². The molecule has 0 fully saturated rings. The summed E-state index contributed by atoms with van der Waals surface area (Å²) >= 11 is 0. The van der Waals surface area contributed by atoms with Gasteiger partial charge in [-0.25, -0.2) is 8.42 Å². The molecule has 34 heavy (non-hydrogen) atoms. The lowest BCUT2D eigenvalue weighted by Crippen LogP contribution is -2.24. The molecule has 0 radical (unpaired) electrons. The number of hydrogen-bond acceptors (Lipinski definition) is 5. The molecule has 7 nitrogen and oxygen atoms in total. The number of ether oxygens (including phenoxy) is 1. The van der Waals surface area contributed by atoms with Gasteiger partial charge in [0.15, 0.2) is 0 Å². The Kier molecular flexibility index (Phi) is 7.48. The van der Waals surface area contributed by atoms with E-state index in [9.17, 15) is 31.5 Å². The van der Waals surface area contributed by atoms with Crippen LogP contribution in [0.3, 0.4) is 0 Å². The molecular weight excluding hydrogens is 473 g/mol. The van der Waals surface area contributed by atoms with Gasteiger partial charge in [-0.05, 0) is 48.4 Å². The zero-order valence-electron chi connectivity index (χ0n) is 17.8. The van der Waals surface area contributed by atoms with Gasteiger partial charge in [0, 0.05) is 11.8 Å². The number of hydrogen-bond donors (Lipinski definition) is 3. The second-order valence-electron chi connectivity index (χ2n) is 7.30. The topological polar surface area (TPSA) is 105 Å². The zero-order valence-corrected chi connectivity index (χ0v) is 18.7. The maximum atomic E-state index is 12.8. The van der Waals surface area contributed by atoms with Gasteiger partial charge in [-0.2, -0.15) is 0 Å². The molecule has 0 heterocycles. The van der Waals surface area contributed by atoms with Gasteiger partial charge in [0.2, 0.25) is 5.91 Å². The Morgan fingerprint density at radius 1 is 1.00 bits per heavy atom. The fourth-order valence-electron chi connectivity index (χ4n) is 3.25. The molecule has 0 saturated heterocycles. The minimum absolute atomic E-state index is 0.118. The van der Waals surface area contributed by atoms with Gasteiger partial charge in [-0.1, -0.05) is 36.4 Å². The van der Waals surface area contributed by atoms with Crippen molar-refractivity contribution in [3.8, 4) is 5.75 Å². The van der Waals surface area contributed by atoms with E-state index in [0.29, 0.717) is 11.3 Å². The van der Waals surface area contributed by atoms with Gasteiger partial charge >= 0.3 is 6.36 Å². The number of sulfonamides is 1. The maximum absolute atomic E-state index is 12.8. The molecule has 1 amide bonds. The van der Waals surface area contributed by atoms with E-state index in [0.717, 1.165) is 12.1 Å².